The van der Waals surface area contributed by atoms with Crippen LogP contribution in [0.2, 0.25) is 0 Å². The van der Waals surface area contributed by atoms with Gasteiger partial charge in [0.25, 0.3) is 0 Å². The zero-order valence-electron chi connectivity index (χ0n) is 11.7. The van der Waals surface area contributed by atoms with Crippen molar-refractivity contribution in [2.24, 2.45) is 0 Å². The monoisotopic (exact) mass is 305 g/mol. The molecule has 1 amide bonds. The third-order valence-electron chi connectivity index (χ3n) is 2.93. The van der Waals surface area contributed by atoms with E-state index < -0.39 is 5.97 Å². The quantitative estimate of drug-likeness (QED) is 0.881. The van der Waals surface area contributed by atoms with E-state index in [1.807, 2.05) is 19.1 Å². The first-order chi connectivity index (χ1) is 9.97. The Balaban J connectivity index is 1.98. The van der Waals surface area contributed by atoms with Crippen molar-refractivity contribution in [2.75, 3.05) is 0 Å². The lowest BCUT2D eigenvalue weighted by molar-refractivity contribution is -0.121. The Labute approximate surface area is 125 Å². The van der Waals surface area contributed by atoms with Gasteiger partial charge in [-0.3, -0.25) is 9.78 Å². The Morgan fingerprint density at radius 1 is 1.48 bits per heavy atom. The molecule has 2 heterocycles. The molecular weight excluding hydrogens is 290 g/mol. The summed E-state index contributed by atoms with van der Waals surface area (Å²) < 4.78 is 0. The van der Waals surface area contributed by atoms with E-state index in [2.05, 4.69) is 15.3 Å². The van der Waals surface area contributed by atoms with Crippen LogP contribution in [0.1, 0.15) is 39.7 Å². The van der Waals surface area contributed by atoms with Crippen molar-refractivity contribution in [3.63, 3.8) is 0 Å². The highest BCUT2D eigenvalue weighted by Crippen LogP contribution is 2.18. The maximum atomic E-state index is 12.0. The molecule has 0 aliphatic heterocycles. The summed E-state index contributed by atoms with van der Waals surface area (Å²) in [6.45, 7) is 3.67. The van der Waals surface area contributed by atoms with Crippen LogP contribution in [0.4, 0.5) is 0 Å². The number of aryl methyl sites for hydroxylation is 1. The van der Waals surface area contributed by atoms with Gasteiger partial charge in [-0.25, -0.2) is 9.78 Å². The van der Waals surface area contributed by atoms with E-state index >= 15 is 0 Å². The number of thiazole rings is 1. The maximum absolute atomic E-state index is 12.0. The molecule has 2 aromatic heterocycles. The Morgan fingerprint density at radius 2 is 2.24 bits per heavy atom. The van der Waals surface area contributed by atoms with Gasteiger partial charge in [-0.1, -0.05) is 6.07 Å². The highest BCUT2D eigenvalue weighted by Gasteiger charge is 2.16. The number of rotatable bonds is 5. The predicted octanol–water partition coefficient (Wildman–Crippen LogP) is 1.96. The largest absolute Gasteiger partial charge is 0.476 e. The number of aromatic carboxylic acids is 1. The first-order valence-electron chi connectivity index (χ1n) is 6.36. The average molecular weight is 305 g/mol. The molecule has 0 fully saturated rings. The van der Waals surface area contributed by atoms with Crippen molar-refractivity contribution in [1.29, 1.82) is 0 Å². The Morgan fingerprint density at radius 3 is 2.86 bits per heavy atom. The molecule has 0 bridgehead atoms. The zero-order chi connectivity index (χ0) is 15.4. The molecule has 2 N–H and O–H groups in total. The second-order valence-corrected chi connectivity index (χ2v) is 5.50. The minimum atomic E-state index is -1.07. The van der Waals surface area contributed by atoms with Crippen molar-refractivity contribution < 1.29 is 14.7 Å². The van der Waals surface area contributed by atoms with Gasteiger partial charge in [0.2, 0.25) is 5.91 Å². The molecule has 2 aromatic rings. The van der Waals surface area contributed by atoms with Crippen molar-refractivity contribution in [1.82, 2.24) is 15.3 Å². The zero-order valence-corrected chi connectivity index (χ0v) is 12.5. The van der Waals surface area contributed by atoms with Crippen molar-refractivity contribution in [3.05, 3.63) is 45.7 Å². The molecule has 0 aliphatic rings. The molecule has 0 aromatic carbocycles. The molecule has 0 spiro atoms. The van der Waals surface area contributed by atoms with Gasteiger partial charge >= 0.3 is 5.97 Å². The first-order valence-corrected chi connectivity index (χ1v) is 7.24. The molecule has 7 heteroatoms. The van der Waals surface area contributed by atoms with Gasteiger partial charge in [0, 0.05) is 11.6 Å². The fourth-order valence-electron chi connectivity index (χ4n) is 1.79. The lowest BCUT2D eigenvalue weighted by Crippen LogP contribution is -2.28. The standard InChI is InChI=1S/C14H15N3O3S/c1-8-4-3-5-15-10(8)6-12(18)16-9(2)13-17-11(7-21-13)14(19)20/h3-5,7,9H,6H2,1-2H3,(H,16,18)(H,19,20). The minimum Gasteiger partial charge on any atom is -0.476 e. The van der Waals surface area contributed by atoms with Crippen molar-refractivity contribution in [3.8, 4) is 0 Å². The topological polar surface area (TPSA) is 92.2 Å². The molecule has 0 saturated heterocycles. The molecular formula is C14H15N3O3S. The third kappa shape index (κ3) is 3.85. The number of carbonyl (C=O) groups is 2. The summed E-state index contributed by atoms with van der Waals surface area (Å²) in [5, 5.41) is 13.7. The van der Waals surface area contributed by atoms with Crippen LogP contribution in [0, 0.1) is 6.92 Å². The van der Waals surface area contributed by atoms with Crippen molar-refractivity contribution in [2.45, 2.75) is 26.3 Å². The van der Waals surface area contributed by atoms with Gasteiger partial charge in [-0.15, -0.1) is 11.3 Å². The molecule has 6 nitrogen and oxygen atoms in total. The molecule has 110 valence electrons. The molecule has 2 rings (SSSR count). The van der Waals surface area contributed by atoms with Gasteiger partial charge in [-0.2, -0.15) is 0 Å². The third-order valence-corrected chi connectivity index (χ3v) is 3.96. The summed E-state index contributed by atoms with van der Waals surface area (Å²) in [4.78, 5) is 30.9. The SMILES string of the molecule is Cc1cccnc1CC(=O)NC(C)c1nc(C(=O)O)cs1. The van der Waals surface area contributed by atoms with Crippen LogP contribution in [-0.2, 0) is 11.2 Å². The number of hydrogen-bond acceptors (Lipinski definition) is 5. The van der Waals surface area contributed by atoms with Crippen LogP contribution >= 0.6 is 11.3 Å². The smallest absolute Gasteiger partial charge is 0.355 e. The number of carbonyl (C=O) groups excluding carboxylic acids is 1. The highest BCUT2D eigenvalue weighted by molar-refractivity contribution is 7.09. The lowest BCUT2D eigenvalue weighted by atomic mass is 10.1. The second kappa shape index (κ2) is 6.45. The van der Waals surface area contributed by atoms with E-state index in [1.54, 1.807) is 13.1 Å². The van der Waals surface area contributed by atoms with E-state index in [9.17, 15) is 9.59 Å². The summed E-state index contributed by atoms with van der Waals surface area (Å²) in [5.41, 5.74) is 1.69. The van der Waals surface area contributed by atoms with E-state index in [0.717, 1.165) is 11.3 Å². The van der Waals surface area contributed by atoms with Crippen LogP contribution in [0.5, 0.6) is 0 Å². The second-order valence-electron chi connectivity index (χ2n) is 4.61. The Bertz CT molecular complexity index is 669. The number of amides is 1. The summed E-state index contributed by atoms with van der Waals surface area (Å²) in [6.07, 6.45) is 1.84. The van der Waals surface area contributed by atoms with E-state index in [1.165, 1.54) is 16.7 Å². The summed E-state index contributed by atoms with van der Waals surface area (Å²) >= 11 is 1.22. The molecule has 0 radical (unpaired) electrons. The lowest BCUT2D eigenvalue weighted by Gasteiger charge is -2.11. The van der Waals surface area contributed by atoms with Crippen LogP contribution in [0.15, 0.2) is 23.7 Å². The first kappa shape index (κ1) is 15.1. The van der Waals surface area contributed by atoms with E-state index in [0.29, 0.717) is 5.01 Å². The summed E-state index contributed by atoms with van der Waals surface area (Å²) in [6, 6.07) is 3.39. The number of nitrogens with one attached hydrogen (secondary N) is 1. The van der Waals surface area contributed by atoms with Gasteiger partial charge in [-0.05, 0) is 25.5 Å². The average Bonchev–Trinajstić information content (AvgIpc) is 2.91. The molecule has 21 heavy (non-hydrogen) atoms. The van der Waals surface area contributed by atoms with Crippen molar-refractivity contribution >= 4 is 23.2 Å². The van der Waals surface area contributed by atoms with Gasteiger partial charge in [0.05, 0.1) is 18.2 Å². The predicted molar refractivity (Wildman–Crippen MR) is 78.3 cm³/mol. The summed E-state index contributed by atoms with van der Waals surface area (Å²) in [5.74, 6) is -1.24. The van der Waals surface area contributed by atoms with Crippen LogP contribution < -0.4 is 5.32 Å². The highest BCUT2D eigenvalue weighted by atomic mass is 32.1. The maximum Gasteiger partial charge on any atom is 0.355 e. The summed E-state index contributed by atoms with van der Waals surface area (Å²) in [7, 11) is 0. The van der Waals surface area contributed by atoms with Crippen LogP contribution in [0.25, 0.3) is 0 Å². The normalized spacial score (nSPS) is 11.9. The van der Waals surface area contributed by atoms with Crippen LogP contribution in [0.3, 0.4) is 0 Å². The van der Waals surface area contributed by atoms with E-state index in [-0.39, 0.29) is 24.1 Å². The van der Waals surface area contributed by atoms with Gasteiger partial charge in [0.15, 0.2) is 5.69 Å². The number of aromatic nitrogens is 2. The van der Waals surface area contributed by atoms with Gasteiger partial charge < -0.3 is 10.4 Å². The number of carboxylic acid groups (broad SMARTS) is 1. The number of carboxylic acids is 1. The Kier molecular flexibility index (Phi) is 4.64. The molecule has 1 unspecified atom stereocenters. The number of hydrogen-bond donors (Lipinski definition) is 2. The molecule has 0 saturated carbocycles. The van der Waals surface area contributed by atoms with Crippen LogP contribution in [-0.4, -0.2) is 27.0 Å². The van der Waals surface area contributed by atoms with E-state index in [4.69, 9.17) is 5.11 Å². The number of pyridine rings is 1. The molecule has 0 aliphatic carbocycles. The minimum absolute atomic E-state index is 0.00308. The van der Waals surface area contributed by atoms with Gasteiger partial charge in [0.1, 0.15) is 5.01 Å². The fourth-order valence-corrected chi connectivity index (χ4v) is 2.59. The molecule has 1 atom stereocenters. The fraction of sp³-hybridized carbons (Fsp3) is 0.286. The number of nitrogens with zero attached hydrogens (tertiary/aromatic N) is 2. The Hall–Kier alpha value is -2.28.